The maximum atomic E-state index is 12.2. The number of nitrogens with one attached hydrogen (secondary N) is 1. The van der Waals surface area contributed by atoms with Gasteiger partial charge in [0.25, 0.3) is 5.91 Å². The molecule has 2 aromatic carbocycles. The number of amides is 1. The van der Waals surface area contributed by atoms with Crippen molar-refractivity contribution in [1.82, 2.24) is 9.88 Å². The van der Waals surface area contributed by atoms with Gasteiger partial charge in [-0.2, -0.15) is 4.99 Å². The second-order valence-electron chi connectivity index (χ2n) is 5.49. The Morgan fingerprint density at radius 2 is 1.96 bits per heavy atom. The van der Waals surface area contributed by atoms with Gasteiger partial charge >= 0.3 is 0 Å². The first-order chi connectivity index (χ1) is 12.0. The van der Waals surface area contributed by atoms with Crippen LogP contribution in [0.15, 0.2) is 47.5 Å². The van der Waals surface area contributed by atoms with Gasteiger partial charge in [0.2, 0.25) is 5.11 Å². The zero-order valence-electron chi connectivity index (χ0n) is 14.1. The fraction of sp³-hybridized carbons (Fsp3) is 0.167. The molecule has 3 rings (SSSR count). The predicted molar refractivity (Wildman–Crippen MR) is 104 cm³/mol. The van der Waals surface area contributed by atoms with Crippen LogP contribution in [0.25, 0.3) is 10.2 Å². The number of thiocarbonyl (C=S) groups is 1. The van der Waals surface area contributed by atoms with Gasteiger partial charge in [-0.15, -0.1) is 0 Å². The fourth-order valence-electron chi connectivity index (χ4n) is 2.43. The zero-order chi connectivity index (χ0) is 18.0. The van der Waals surface area contributed by atoms with Crippen LogP contribution < -0.4 is 14.9 Å². The van der Waals surface area contributed by atoms with Crippen LogP contribution >= 0.6 is 23.6 Å². The molecule has 0 saturated carbocycles. The van der Waals surface area contributed by atoms with E-state index in [0.717, 1.165) is 21.5 Å². The number of aromatic nitrogens is 1. The molecule has 1 amide bonds. The molecule has 0 atom stereocenters. The molecule has 0 saturated heterocycles. The third kappa shape index (κ3) is 3.62. The molecule has 0 bridgehead atoms. The minimum atomic E-state index is -0.268. The lowest BCUT2D eigenvalue weighted by atomic mass is 10.1. The van der Waals surface area contributed by atoms with Crippen LogP contribution in [0.1, 0.15) is 15.9 Å². The number of thiazole rings is 1. The van der Waals surface area contributed by atoms with Gasteiger partial charge in [0.05, 0.1) is 11.8 Å². The molecule has 128 valence electrons. The first kappa shape index (κ1) is 17.3. The average molecular weight is 371 g/mol. The number of para-hydroxylation sites is 1. The maximum absolute atomic E-state index is 12.2. The van der Waals surface area contributed by atoms with Crippen LogP contribution in [0.3, 0.4) is 0 Å². The highest BCUT2D eigenvalue weighted by molar-refractivity contribution is 7.80. The molecule has 1 N–H and O–H groups in total. The van der Waals surface area contributed by atoms with E-state index >= 15 is 0 Å². The Morgan fingerprint density at radius 3 is 2.64 bits per heavy atom. The van der Waals surface area contributed by atoms with Crippen LogP contribution in [0.2, 0.25) is 0 Å². The number of nitrogens with zero attached hydrogens (tertiary/aromatic N) is 2. The van der Waals surface area contributed by atoms with Crippen LogP contribution in [-0.4, -0.2) is 22.7 Å². The quantitative estimate of drug-likeness (QED) is 0.704. The topological polar surface area (TPSA) is 55.6 Å². The molecule has 0 aliphatic rings. The predicted octanol–water partition coefficient (Wildman–Crippen LogP) is 3.17. The average Bonchev–Trinajstić information content (AvgIpc) is 2.91. The Labute approximate surface area is 154 Å². The van der Waals surface area contributed by atoms with Gasteiger partial charge in [-0.1, -0.05) is 35.1 Å². The number of carbonyl (C=O) groups excluding carboxylic acids is 1. The van der Waals surface area contributed by atoms with Crippen molar-refractivity contribution in [3.05, 3.63) is 58.4 Å². The second-order valence-corrected chi connectivity index (χ2v) is 6.88. The van der Waals surface area contributed by atoms with Gasteiger partial charge < -0.3 is 9.30 Å². The molecule has 0 fully saturated rings. The monoisotopic (exact) mass is 371 g/mol. The highest BCUT2D eigenvalue weighted by Crippen LogP contribution is 2.26. The molecule has 1 aromatic heterocycles. The fourth-order valence-corrected chi connectivity index (χ4v) is 3.71. The van der Waals surface area contributed by atoms with Crippen LogP contribution in [0.4, 0.5) is 0 Å². The van der Waals surface area contributed by atoms with E-state index in [1.54, 1.807) is 19.2 Å². The van der Waals surface area contributed by atoms with Crippen LogP contribution in [-0.2, 0) is 7.05 Å². The number of benzene rings is 2. The van der Waals surface area contributed by atoms with Crippen LogP contribution in [0, 0.1) is 6.92 Å². The van der Waals surface area contributed by atoms with Crippen LogP contribution in [0.5, 0.6) is 5.75 Å². The Bertz CT molecular complexity index is 1020. The lowest BCUT2D eigenvalue weighted by Crippen LogP contribution is -2.29. The summed E-state index contributed by atoms with van der Waals surface area (Å²) in [4.78, 5) is 17.3. The number of rotatable bonds is 2. The summed E-state index contributed by atoms with van der Waals surface area (Å²) in [6, 6.07) is 13.1. The minimum Gasteiger partial charge on any atom is -0.495 e. The van der Waals surface area contributed by atoms with E-state index in [0.29, 0.717) is 10.4 Å². The molecule has 0 unspecified atom stereocenters. The summed E-state index contributed by atoms with van der Waals surface area (Å²) in [5.74, 6) is 0.502. The van der Waals surface area contributed by atoms with E-state index in [1.807, 2.05) is 48.9 Å². The summed E-state index contributed by atoms with van der Waals surface area (Å²) >= 11 is 6.71. The summed E-state index contributed by atoms with van der Waals surface area (Å²) in [5.41, 5.74) is 2.59. The van der Waals surface area contributed by atoms with E-state index in [1.165, 1.54) is 11.3 Å². The lowest BCUT2D eigenvalue weighted by Gasteiger charge is -2.04. The molecule has 1 heterocycles. The summed E-state index contributed by atoms with van der Waals surface area (Å²) in [6.45, 7) is 1.97. The second kappa shape index (κ2) is 7.16. The molecule has 0 radical (unpaired) electrons. The van der Waals surface area contributed by atoms with Gasteiger partial charge in [0.1, 0.15) is 11.3 Å². The Kier molecular flexibility index (Phi) is 4.96. The van der Waals surface area contributed by atoms with Gasteiger partial charge in [-0.25, -0.2) is 0 Å². The summed E-state index contributed by atoms with van der Waals surface area (Å²) in [6.07, 6.45) is 0. The number of hydrogen-bond acceptors (Lipinski definition) is 4. The van der Waals surface area contributed by atoms with E-state index in [9.17, 15) is 4.79 Å². The third-order valence-corrected chi connectivity index (χ3v) is 5.03. The normalized spacial score (nSPS) is 11.6. The summed E-state index contributed by atoms with van der Waals surface area (Å²) < 4.78 is 8.34. The minimum absolute atomic E-state index is 0.131. The van der Waals surface area contributed by atoms with Crippen molar-refractivity contribution < 1.29 is 9.53 Å². The number of ether oxygens (including phenoxy) is 1. The molecule has 3 aromatic rings. The van der Waals surface area contributed by atoms with E-state index in [4.69, 9.17) is 17.0 Å². The number of fused-ring (bicyclic) bond motifs is 1. The molecule has 0 aliphatic heterocycles. The van der Waals surface area contributed by atoms with Crippen molar-refractivity contribution in [2.75, 3.05) is 7.11 Å². The third-order valence-electron chi connectivity index (χ3n) is 3.74. The van der Waals surface area contributed by atoms with Gasteiger partial charge in [0.15, 0.2) is 4.80 Å². The molecule has 25 heavy (non-hydrogen) atoms. The summed E-state index contributed by atoms with van der Waals surface area (Å²) in [5, 5.41) is 2.78. The first-order valence-corrected chi connectivity index (χ1v) is 8.81. The molecular weight excluding hydrogens is 354 g/mol. The number of hydrogen-bond donors (Lipinski definition) is 1. The van der Waals surface area contributed by atoms with Crippen molar-refractivity contribution in [3.8, 4) is 5.75 Å². The molecule has 0 spiro atoms. The largest absolute Gasteiger partial charge is 0.495 e. The standard InChI is InChI=1S/C18H17N3O2S2/c1-11-7-9-12(10-8-11)16(22)19-17(24)20-18-21(2)15-13(23-3)5-4-6-14(15)25-18/h4-10H,1-3H3,(H,19,22,24)/b20-18+. The molecule has 0 aliphatic carbocycles. The summed E-state index contributed by atoms with van der Waals surface area (Å²) in [7, 11) is 3.53. The molecule has 7 heteroatoms. The Hall–Kier alpha value is -2.51. The highest BCUT2D eigenvalue weighted by Gasteiger charge is 2.10. The van der Waals surface area contributed by atoms with Gasteiger partial charge in [-0.05, 0) is 43.4 Å². The zero-order valence-corrected chi connectivity index (χ0v) is 15.7. The molecule has 5 nitrogen and oxygen atoms in total. The maximum Gasteiger partial charge on any atom is 0.257 e. The van der Waals surface area contributed by atoms with Crippen molar-refractivity contribution in [3.63, 3.8) is 0 Å². The van der Waals surface area contributed by atoms with E-state index in [-0.39, 0.29) is 11.0 Å². The smallest absolute Gasteiger partial charge is 0.257 e. The first-order valence-electron chi connectivity index (χ1n) is 7.59. The number of aryl methyl sites for hydroxylation is 2. The van der Waals surface area contributed by atoms with Crippen molar-refractivity contribution in [2.45, 2.75) is 6.92 Å². The van der Waals surface area contributed by atoms with E-state index in [2.05, 4.69) is 10.3 Å². The van der Waals surface area contributed by atoms with E-state index < -0.39 is 0 Å². The molecular formula is C18H17N3O2S2. The van der Waals surface area contributed by atoms with Crippen molar-refractivity contribution >= 4 is 44.8 Å². The highest BCUT2D eigenvalue weighted by atomic mass is 32.1. The lowest BCUT2D eigenvalue weighted by molar-refractivity contribution is 0.0977. The number of carbonyl (C=O) groups is 1. The SMILES string of the molecule is COc1cccc2s/c(=N/C(=S)NC(=O)c3ccc(C)cc3)n(C)c12. The van der Waals surface area contributed by atoms with Gasteiger partial charge in [0, 0.05) is 12.6 Å². The van der Waals surface area contributed by atoms with Gasteiger partial charge in [-0.3, -0.25) is 10.1 Å². The Morgan fingerprint density at radius 1 is 1.24 bits per heavy atom. The van der Waals surface area contributed by atoms with Crippen molar-refractivity contribution in [1.29, 1.82) is 0 Å². The Balaban J connectivity index is 1.89. The number of methoxy groups -OCH3 is 1. The van der Waals surface area contributed by atoms with Crippen molar-refractivity contribution in [2.24, 2.45) is 12.0 Å².